The number of urea groups is 1. The summed E-state index contributed by atoms with van der Waals surface area (Å²) in [6, 6.07) is 6.98. The molecule has 2 rings (SSSR count). The molecule has 1 aliphatic heterocycles. The third kappa shape index (κ3) is 6.55. The van der Waals surface area contributed by atoms with Crippen molar-refractivity contribution >= 4 is 23.5 Å². The molecule has 3 amide bonds. The van der Waals surface area contributed by atoms with E-state index < -0.39 is 6.09 Å². The van der Waals surface area contributed by atoms with Crippen molar-refractivity contribution < 1.29 is 14.3 Å². The van der Waals surface area contributed by atoms with Crippen molar-refractivity contribution in [2.75, 3.05) is 36.9 Å². The second-order valence-electron chi connectivity index (χ2n) is 6.85. The number of hydrogen-bond donors (Lipinski definition) is 3. The Morgan fingerprint density at radius 2 is 1.88 bits per heavy atom. The smallest absolute Gasteiger partial charge is 0.411 e. The molecule has 1 aromatic carbocycles. The molecule has 26 heavy (non-hydrogen) atoms. The van der Waals surface area contributed by atoms with E-state index in [1.54, 1.807) is 31.2 Å². The van der Waals surface area contributed by atoms with Crippen molar-refractivity contribution in [3.05, 3.63) is 24.3 Å². The summed E-state index contributed by atoms with van der Waals surface area (Å²) in [5.41, 5.74) is 1.28. The van der Waals surface area contributed by atoms with Crippen LogP contribution in [0.1, 0.15) is 33.6 Å². The van der Waals surface area contributed by atoms with Gasteiger partial charge in [0.25, 0.3) is 0 Å². The molecule has 0 bridgehead atoms. The van der Waals surface area contributed by atoms with Gasteiger partial charge in [0.1, 0.15) is 0 Å². The first-order valence-corrected chi connectivity index (χ1v) is 9.30. The Morgan fingerprint density at radius 1 is 1.23 bits per heavy atom. The van der Waals surface area contributed by atoms with Gasteiger partial charge in [-0.05, 0) is 63.4 Å². The minimum Gasteiger partial charge on any atom is -0.450 e. The SMILES string of the molecule is CCOC(=O)Nc1ccc(NC(=O)NC[C@@H](C)N2CCC[C@H](C)C2)cc1. The van der Waals surface area contributed by atoms with E-state index in [1.165, 1.54) is 12.8 Å². The lowest BCUT2D eigenvalue weighted by atomic mass is 9.99. The maximum atomic E-state index is 12.1. The molecular weight excluding hydrogens is 332 g/mol. The van der Waals surface area contributed by atoms with Crippen LogP contribution >= 0.6 is 0 Å². The number of anilines is 2. The molecule has 1 heterocycles. The normalized spacial score (nSPS) is 18.7. The van der Waals surface area contributed by atoms with Crippen molar-refractivity contribution in [2.45, 2.75) is 39.7 Å². The van der Waals surface area contributed by atoms with Gasteiger partial charge in [-0.3, -0.25) is 10.2 Å². The first-order chi connectivity index (χ1) is 12.5. The number of benzene rings is 1. The average Bonchev–Trinajstić information content (AvgIpc) is 2.61. The molecule has 144 valence electrons. The predicted octanol–water partition coefficient (Wildman–Crippen LogP) is 3.50. The molecular formula is C19H30N4O3. The molecule has 0 aromatic heterocycles. The molecule has 0 radical (unpaired) electrons. The van der Waals surface area contributed by atoms with Crippen LogP contribution in [-0.2, 0) is 4.74 Å². The highest BCUT2D eigenvalue weighted by atomic mass is 16.5. The fraction of sp³-hybridized carbons (Fsp3) is 0.579. The van der Waals surface area contributed by atoms with Gasteiger partial charge in [-0.25, -0.2) is 9.59 Å². The molecule has 0 saturated carbocycles. The minimum atomic E-state index is -0.494. The molecule has 0 aliphatic carbocycles. The summed E-state index contributed by atoms with van der Waals surface area (Å²) in [5, 5.41) is 8.34. The lowest BCUT2D eigenvalue weighted by Gasteiger charge is -2.35. The molecule has 7 nitrogen and oxygen atoms in total. The van der Waals surface area contributed by atoms with Gasteiger partial charge < -0.3 is 15.4 Å². The first kappa shape index (κ1) is 20.0. The zero-order chi connectivity index (χ0) is 18.9. The summed E-state index contributed by atoms with van der Waals surface area (Å²) >= 11 is 0. The summed E-state index contributed by atoms with van der Waals surface area (Å²) in [5.74, 6) is 0.724. The molecule has 3 N–H and O–H groups in total. The highest BCUT2D eigenvalue weighted by Gasteiger charge is 2.21. The van der Waals surface area contributed by atoms with E-state index in [4.69, 9.17) is 4.74 Å². The molecule has 1 saturated heterocycles. The summed E-state index contributed by atoms with van der Waals surface area (Å²) in [6.07, 6.45) is 2.02. The van der Waals surface area contributed by atoms with E-state index >= 15 is 0 Å². The molecule has 0 spiro atoms. The van der Waals surface area contributed by atoms with E-state index in [-0.39, 0.29) is 6.03 Å². The Hall–Kier alpha value is -2.28. The van der Waals surface area contributed by atoms with Gasteiger partial charge in [0.2, 0.25) is 0 Å². The number of likely N-dealkylation sites (tertiary alicyclic amines) is 1. The van der Waals surface area contributed by atoms with Crippen LogP contribution in [-0.4, -0.2) is 49.3 Å². The zero-order valence-electron chi connectivity index (χ0n) is 15.9. The zero-order valence-corrected chi connectivity index (χ0v) is 15.9. The van der Waals surface area contributed by atoms with Gasteiger partial charge in [-0.15, -0.1) is 0 Å². The van der Waals surface area contributed by atoms with Crippen molar-refractivity contribution in [1.82, 2.24) is 10.2 Å². The number of nitrogens with zero attached hydrogens (tertiary/aromatic N) is 1. The van der Waals surface area contributed by atoms with E-state index in [0.717, 1.165) is 19.0 Å². The second kappa shape index (κ2) is 10.0. The van der Waals surface area contributed by atoms with E-state index in [2.05, 4.69) is 34.7 Å². The molecule has 1 fully saturated rings. The number of carbonyl (C=O) groups excluding carboxylic acids is 2. The Kier molecular flexibility index (Phi) is 7.72. The monoisotopic (exact) mass is 362 g/mol. The Labute approximate surface area is 155 Å². The topological polar surface area (TPSA) is 82.7 Å². The minimum absolute atomic E-state index is 0.229. The fourth-order valence-electron chi connectivity index (χ4n) is 3.09. The van der Waals surface area contributed by atoms with Gasteiger partial charge in [-0.2, -0.15) is 0 Å². The van der Waals surface area contributed by atoms with Crippen LogP contribution in [0.4, 0.5) is 21.0 Å². The van der Waals surface area contributed by atoms with Crippen LogP contribution in [0.15, 0.2) is 24.3 Å². The summed E-state index contributed by atoms with van der Waals surface area (Å²) in [4.78, 5) is 25.9. The molecule has 7 heteroatoms. The van der Waals surface area contributed by atoms with Crippen LogP contribution < -0.4 is 16.0 Å². The van der Waals surface area contributed by atoms with E-state index in [0.29, 0.717) is 30.6 Å². The molecule has 0 unspecified atom stereocenters. The fourth-order valence-corrected chi connectivity index (χ4v) is 3.09. The number of nitrogens with one attached hydrogen (secondary N) is 3. The third-order valence-corrected chi connectivity index (χ3v) is 4.53. The molecule has 1 aromatic rings. The Bertz CT molecular complexity index is 591. The van der Waals surface area contributed by atoms with Gasteiger partial charge >= 0.3 is 12.1 Å². The van der Waals surface area contributed by atoms with E-state index in [9.17, 15) is 9.59 Å². The summed E-state index contributed by atoms with van der Waals surface area (Å²) < 4.78 is 4.82. The van der Waals surface area contributed by atoms with Gasteiger partial charge in [0.05, 0.1) is 6.61 Å². The highest BCUT2D eigenvalue weighted by molar-refractivity contribution is 5.90. The van der Waals surface area contributed by atoms with Gasteiger partial charge in [0.15, 0.2) is 0 Å². The Balaban J connectivity index is 1.74. The standard InChI is InChI=1S/C19H30N4O3/c1-4-26-19(25)22-17-9-7-16(8-10-17)21-18(24)20-12-15(3)23-11-5-6-14(2)13-23/h7-10,14-15H,4-6,11-13H2,1-3H3,(H,22,25)(H2,20,21,24)/t14-,15+/m0/s1. The quantitative estimate of drug-likeness (QED) is 0.723. The number of ether oxygens (including phenoxy) is 1. The van der Waals surface area contributed by atoms with E-state index in [1.807, 2.05) is 0 Å². The number of amides is 3. The average molecular weight is 362 g/mol. The number of carbonyl (C=O) groups is 2. The van der Waals surface area contributed by atoms with Crippen LogP contribution in [0, 0.1) is 5.92 Å². The van der Waals surface area contributed by atoms with Crippen molar-refractivity contribution in [3.63, 3.8) is 0 Å². The van der Waals surface area contributed by atoms with Crippen molar-refractivity contribution in [2.24, 2.45) is 5.92 Å². The highest BCUT2D eigenvalue weighted by Crippen LogP contribution is 2.17. The first-order valence-electron chi connectivity index (χ1n) is 9.30. The van der Waals surface area contributed by atoms with Crippen LogP contribution in [0.3, 0.4) is 0 Å². The predicted molar refractivity (Wildman–Crippen MR) is 104 cm³/mol. The lowest BCUT2D eigenvalue weighted by molar-refractivity contribution is 0.138. The maximum absolute atomic E-state index is 12.1. The van der Waals surface area contributed by atoms with Crippen LogP contribution in [0.25, 0.3) is 0 Å². The molecule has 1 aliphatic rings. The maximum Gasteiger partial charge on any atom is 0.411 e. The van der Waals surface area contributed by atoms with Crippen molar-refractivity contribution in [1.29, 1.82) is 0 Å². The largest absolute Gasteiger partial charge is 0.450 e. The summed E-state index contributed by atoms with van der Waals surface area (Å²) in [7, 11) is 0. The van der Waals surface area contributed by atoms with Crippen LogP contribution in [0.5, 0.6) is 0 Å². The van der Waals surface area contributed by atoms with Gasteiger partial charge in [-0.1, -0.05) is 6.92 Å². The second-order valence-corrected chi connectivity index (χ2v) is 6.85. The summed E-state index contributed by atoms with van der Waals surface area (Å²) in [6.45, 7) is 9.30. The number of piperidine rings is 1. The Morgan fingerprint density at radius 3 is 2.50 bits per heavy atom. The third-order valence-electron chi connectivity index (χ3n) is 4.53. The number of hydrogen-bond acceptors (Lipinski definition) is 4. The van der Waals surface area contributed by atoms with Crippen LogP contribution in [0.2, 0.25) is 0 Å². The lowest BCUT2D eigenvalue weighted by Crippen LogP contribution is -2.47. The van der Waals surface area contributed by atoms with Crippen molar-refractivity contribution in [3.8, 4) is 0 Å². The van der Waals surface area contributed by atoms with Gasteiger partial charge in [0, 0.05) is 30.5 Å². The number of rotatable bonds is 6. The molecule has 2 atom stereocenters.